The number of nitriles is 1. The minimum Gasteiger partial charge on any atom is -0.288 e. The Balaban J connectivity index is 1.84. The van der Waals surface area contributed by atoms with Crippen LogP contribution in [0.2, 0.25) is 0 Å². The van der Waals surface area contributed by atoms with Gasteiger partial charge in [0.05, 0.1) is 6.07 Å². The molecule has 1 saturated carbocycles. The zero-order chi connectivity index (χ0) is 14.9. The van der Waals surface area contributed by atoms with E-state index in [0.717, 1.165) is 12.0 Å². The molecule has 0 spiro atoms. The van der Waals surface area contributed by atoms with E-state index in [-0.39, 0.29) is 0 Å². The third-order valence-electron chi connectivity index (χ3n) is 4.59. The van der Waals surface area contributed by atoms with Crippen molar-refractivity contribution < 1.29 is 0 Å². The molecule has 1 unspecified atom stereocenters. The van der Waals surface area contributed by atoms with E-state index >= 15 is 0 Å². The van der Waals surface area contributed by atoms with Gasteiger partial charge in [0.1, 0.15) is 5.54 Å². The van der Waals surface area contributed by atoms with Gasteiger partial charge >= 0.3 is 0 Å². The van der Waals surface area contributed by atoms with Crippen LogP contribution in [0.25, 0.3) is 0 Å². The Morgan fingerprint density at radius 2 is 2.00 bits per heavy atom. The first-order chi connectivity index (χ1) is 10.2. The first-order valence-electron chi connectivity index (χ1n) is 7.35. The van der Waals surface area contributed by atoms with E-state index in [9.17, 15) is 5.26 Å². The lowest BCUT2D eigenvalue weighted by atomic mass is 9.84. The zero-order valence-corrected chi connectivity index (χ0v) is 13.3. The quantitative estimate of drug-likeness (QED) is 0.826. The molecule has 3 heteroatoms. The highest BCUT2D eigenvalue weighted by Crippen LogP contribution is 2.54. The number of benzene rings is 1. The summed E-state index contributed by atoms with van der Waals surface area (Å²) in [4.78, 5) is 3.55. The Morgan fingerprint density at radius 1 is 1.24 bits per heavy atom. The van der Waals surface area contributed by atoms with Gasteiger partial charge in [-0.1, -0.05) is 36.4 Å². The predicted molar refractivity (Wildman–Crippen MR) is 87.2 cm³/mol. The fourth-order valence-corrected chi connectivity index (χ4v) is 4.12. The normalized spacial score (nSPS) is 23.5. The molecule has 3 rings (SSSR count). The van der Waals surface area contributed by atoms with Gasteiger partial charge in [0.2, 0.25) is 0 Å². The van der Waals surface area contributed by atoms with Gasteiger partial charge < -0.3 is 0 Å². The van der Waals surface area contributed by atoms with Crippen molar-refractivity contribution in [2.45, 2.75) is 24.3 Å². The van der Waals surface area contributed by atoms with Crippen molar-refractivity contribution in [2.75, 3.05) is 14.1 Å². The molecule has 108 valence electrons. The molecule has 0 aliphatic heterocycles. The second-order valence-electron chi connectivity index (χ2n) is 6.05. The van der Waals surface area contributed by atoms with Gasteiger partial charge in [0.15, 0.2) is 0 Å². The van der Waals surface area contributed by atoms with Gasteiger partial charge in [-0.05, 0) is 55.8 Å². The summed E-state index contributed by atoms with van der Waals surface area (Å²) in [7, 11) is 4.03. The van der Waals surface area contributed by atoms with Crippen molar-refractivity contribution in [3.63, 3.8) is 0 Å². The topological polar surface area (TPSA) is 27.0 Å². The van der Waals surface area contributed by atoms with E-state index in [4.69, 9.17) is 0 Å². The van der Waals surface area contributed by atoms with Crippen molar-refractivity contribution in [2.24, 2.45) is 5.92 Å². The lowest BCUT2D eigenvalue weighted by Crippen LogP contribution is -2.40. The molecular weight excluding hydrogens is 276 g/mol. The molecule has 1 aromatic heterocycles. The monoisotopic (exact) mass is 296 g/mol. The first-order valence-corrected chi connectivity index (χ1v) is 8.23. The number of hydrogen-bond acceptors (Lipinski definition) is 3. The van der Waals surface area contributed by atoms with Gasteiger partial charge in [0.25, 0.3) is 0 Å². The highest BCUT2D eigenvalue weighted by molar-refractivity contribution is 7.10. The van der Waals surface area contributed by atoms with Crippen molar-refractivity contribution in [1.82, 2.24) is 4.90 Å². The van der Waals surface area contributed by atoms with E-state index < -0.39 is 5.54 Å². The molecule has 0 bridgehead atoms. The van der Waals surface area contributed by atoms with Gasteiger partial charge in [-0.25, -0.2) is 0 Å². The average molecular weight is 296 g/mol. The molecule has 1 aliphatic carbocycles. The summed E-state index contributed by atoms with van der Waals surface area (Å²) in [5.74, 6) is 1.27. The molecule has 2 aromatic rings. The van der Waals surface area contributed by atoms with E-state index in [2.05, 4.69) is 40.6 Å². The first kappa shape index (κ1) is 14.3. The van der Waals surface area contributed by atoms with Crippen molar-refractivity contribution >= 4 is 11.3 Å². The second kappa shape index (κ2) is 5.63. The molecule has 0 amide bonds. The van der Waals surface area contributed by atoms with Crippen LogP contribution in [-0.2, 0) is 5.54 Å². The van der Waals surface area contributed by atoms with Crippen LogP contribution in [0.4, 0.5) is 0 Å². The Morgan fingerprint density at radius 3 is 2.57 bits per heavy atom. The summed E-state index contributed by atoms with van der Waals surface area (Å²) in [6.07, 6.45) is 2.12. The van der Waals surface area contributed by atoms with Crippen molar-refractivity contribution in [3.05, 3.63) is 58.3 Å². The number of nitrogens with zero attached hydrogens (tertiary/aromatic N) is 2. The standard InChI is InChI=1S/C18H20N2S/c1-20(2)18(13-19,15-7-4-3-5-8-15)12-14-11-16(14)17-9-6-10-21-17/h3-10,14,16H,11-12H2,1-2H3/t14-,16+,18?/m0/s1. The molecule has 0 radical (unpaired) electrons. The third-order valence-corrected chi connectivity index (χ3v) is 5.59. The maximum absolute atomic E-state index is 9.90. The zero-order valence-electron chi connectivity index (χ0n) is 12.5. The number of rotatable bonds is 5. The molecular formula is C18H20N2S. The lowest BCUT2D eigenvalue weighted by molar-refractivity contribution is 0.193. The number of thiophene rings is 1. The van der Waals surface area contributed by atoms with E-state index in [1.54, 1.807) is 0 Å². The Kier molecular flexibility index (Phi) is 3.84. The molecule has 0 N–H and O–H groups in total. The summed E-state index contributed by atoms with van der Waals surface area (Å²) in [6, 6.07) is 17.1. The smallest absolute Gasteiger partial charge is 0.134 e. The molecule has 1 fully saturated rings. The summed E-state index contributed by atoms with van der Waals surface area (Å²) in [6.45, 7) is 0. The molecule has 21 heavy (non-hydrogen) atoms. The Labute approximate surface area is 130 Å². The molecule has 1 heterocycles. The largest absolute Gasteiger partial charge is 0.288 e. The van der Waals surface area contributed by atoms with Crippen molar-refractivity contribution in [1.29, 1.82) is 5.26 Å². The van der Waals surface area contributed by atoms with Crippen LogP contribution >= 0.6 is 11.3 Å². The molecule has 2 nitrogen and oxygen atoms in total. The van der Waals surface area contributed by atoms with Crippen LogP contribution in [0.3, 0.4) is 0 Å². The SMILES string of the molecule is CN(C)C(C#N)(C[C@@H]1C[C@H]1c1cccs1)c1ccccc1. The molecule has 1 aliphatic rings. The molecule has 1 aromatic carbocycles. The molecule has 3 atom stereocenters. The third kappa shape index (κ3) is 2.62. The second-order valence-corrected chi connectivity index (χ2v) is 7.03. The minimum atomic E-state index is -0.516. The fourth-order valence-electron chi connectivity index (χ4n) is 3.19. The molecule has 0 saturated heterocycles. The van der Waals surface area contributed by atoms with Gasteiger partial charge in [-0.2, -0.15) is 5.26 Å². The summed E-state index contributed by atoms with van der Waals surface area (Å²) >= 11 is 1.84. The van der Waals surface area contributed by atoms with Gasteiger partial charge in [0, 0.05) is 4.88 Å². The van der Waals surface area contributed by atoms with Crippen LogP contribution in [0.5, 0.6) is 0 Å². The fraction of sp³-hybridized carbons (Fsp3) is 0.389. The van der Waals surface area contributed by atoms with Crippen LogP contribution in [-0.4, -0.2) is 19.0 Å². The maximum atomic E-state index is 9.90. The van der Waals surface area contributed by atoms with E-state index in [1.165, 1.54) is 11.3 Å². The van der Waals surface area contributed by atoms with Crippen molar-refractivity contribution in [3.8, 4) is 6.07 Å². The van der Waals surface area contributed by atoms with E-state index in [1.807, 2.05) is 43.6 Å². The van der Waals surface area contributed by atoms with Gasteiger partial charge in [-0.3, -0.25) is 4.90 Å². The Bertz CT molecular complexity index is 627. The Hall–Kier alpha value is -1.63. The van der Waals surface area contributed by atoms with E-state index in [0.29, 0.717) is 11.8 Å². The van der Waals surface area contributed by atoms with Crippen LogP contribution in [0.1, 0.15) is 29.2 Å². The van der Waals surface area contributed by atoms with Crippen LogP contribution < -0.4 is 0 Å². The highest BCUT2D eigenvalue weighted by Gasteiger charge is 2.47. The summed E-state index contributed by atoms with van der Waals surface area (Å²) in [5, 5.41) is 12.0. The summed E-state index contributed by atoms with van der Waals surface area (Å²) in [5.41, 5.74) is 0.590. The predicted octanol–water partition coefficient (Wildman–Crippen LogP) is 4.22. The lowest BCUT2D eigenvalue weighted by Gasteiger charge is -2.34. The minimum absolute atomic E-state index is 0.516. The average Bonchev–Trinajstić information content (AvgIpc) is 3.05. The highest BCUT2D eigenvalue weighted by atomic mass is 32.1. The van der Waals surface area contributed by atoms with Crippen LogP contribution in [0, 0.1) is 17.2 Å². The number of hydrogen-bond donors (Lipinski definition) is 0. The summed E-state index contributed by atoms with van der Waals surface area (Å²) < 4.78 is 0. The van der Waals surface area contributed by atoms with Gasteiger partial charge in [-0.15, -0.1) is 11.3 Å². The maximum Gasteiger partial charge on any atom is 0.134 e. The van der Waals surface area contributed by atoms with Crippen LogP contribution in [0.15, 0.2) is 47.8 Å².